The Labute approximate surface area is 106 Å². The number of anilines is 1. The molecule has 1 aromatic carbocycles. The van der Waals surface area contributed by atoms with E-state index < -0.39 is 0 Å². The Balaban J connectivity index is 2.35. The van der Waals surface area contributed by atoms with Gasteiger partial charge in [0.25, 0.3) is 0 Å². The van der Waals surface area contributed by atoms with Crippen LogP contribution in [0.15, 0.2) is 18.2 Å². The molecule has 4 nitrogen and oxygen atoms in total. The van der Waals surface area contributed by atoms with Crippen molar-refractivity contribution >= 4 is 17.5 Å². The lowest BCUT2D eigenvalue weighted by Gasteiger charge is -2.16. The molecule has 1 aliphatic heterocycles. The van der Waals surface area contributed by atoms with Gasteiger partial charge in [0.2, 0.25) is 11.8 Å². The first-order valence-electron chi connectivity index (χ1n) is 5.79. The average molecular weight is 242 g/mol. The van der Waals surface area contributed by atoms with Gasteiger partial charge in [-0.25, -0.2) is 0 Å². The molecule has 1 aliphatic rings. The molecule has 0 radical (unpaired) electrons. The predicted molar refractivity (Wildman–Crippen MR) is 68.8 cm³/mol. The van der Waals surface area contributed by atoms with Crippen molar-refractivity contribution in [1.29, 1.82) is 0 Å². The lowest BCUT2D eigenvalue weighted by Crippen LogP contribution is -2.29. The highest BCUT2D eigenvalue weighted by Crippen LogP contribution is 2.26. The second-order valence-corrected chi connectivity index (χ2v) is 4.13. The van der Waals surface area contributed by atoms with Crippen LogP contribution in [-0.2, 0) is 9.59 Å². The van der Waals surface area contributed by atoms with Crippen molar-refractivity contribution in [1.82, 2.24) is 0 Å². The lowest BCUT2D eigenvalue weighted by molar-refractivity contribution is -0.121. The van der Waals surface area contributed by atoms with Gasteiger partial charge in [0.05, 0.1) is 12.2 Å². The van der Waals surface area contributed by atoms with Gasteiger partial charge in [0, 0.05) is 18.4 Å². The van der Waals surface area contributed by atoms with E-state index in [1.807, 2.05) is 13.0 Å². The van der Waals surface area contributed by atoms with E-state index in [0.29, 0.717) is 25.1 Å². The molecule has 2 amide bonds. The molecule has 0 bridgehead atoms. The molecule has 4 heteroatoms. The normalized spacial score (nSPS) is 14.7. The van der Waals surface area contributed by atoms with Gasteiger partial charge < -0.3 is 5.73 Å². The minimum Gasteiger partial charge on any atom is -0.320 e. The monoisotopic (exact) mass is 242 g/mol. The highest BCUT2D eigenvalue weighted by molar-refractivity contribution is 6.20. The van der Waals surface area contributed by atoms with Gasteiger partial charge in [0.1, 0.15) is 0 Å². The fourth-order valence-corrected chi connectivity index (χ4v) is 1.98. The van der Waals surface area contributed by atoms with E-state index in [2.05, 4.69) is 11.8 Å². The Morgan fingerprint density at radius 2 is 1.94 bits per heavy atom. The summed E-state index contributed by atoms with van der Waals surface area (Å²) in [5.41, 5.74) is 7.66. The number of rotatable bonds is 1. The SMILES string of the molecule is Cc1cc(C#CCN)ccc1N1C(=O)CCC1=O. The fraction of sp³-hybridized carbons (Fsp3) is 0.286. The van der Waals surface area contributed by atoms with Crippen LogP contribution in [0.5, 0.6) is 0 Å². The van der Waals surface area contributed by atoms with E-state index in [4.69, 9.17) is 5.73 Å². The van der Waals surface area contributed by atoms with Gasteiger partial charge in [-0.05, 0) is 30.7 Å². The molecule has 1 heterocycles. The number of hydrogen-bond acceptors (Lipinski definition) is 3. The third kappa shape index (κ3) is 2.27. The number of carbonyl (C=O) groups excluding carboxylic acids is 2. The number of nitrogens with two attached hydrogens (primary N) is 1. The Morgan fingerprint density at radius 1 is 1.28 bits per heavy atom. The van der Waals surface area contributed by atoms with Gasteiger partial charge in [-0.1, -0.05) is 11.8 Å². The zero-order valence-electron chi connectivity index (χ0n) is 10.2. The summed E-state index contributed by atoms with van der Waals surface area (Å²) in [5, 5.41) is 0. The number of amides is 2. The zero-order valence-corrected chi connectivity index (χ0v) is 10.2. The molecular formula is C14H14N2O2. The van der Waals surface area contributed by atoms with Crippen molar-refractivity contribution in [3.63, 3.8) is 0 Å². The van der Waals surface area contributed by atoms with Crippen molar-refractivity contribution in [3.8, 4) is 11.8 Å². The van der Waals surface area contributed by atoms with Crippen LogP contribution in [0, 0.1) is 18.8 Å². The van der Waals surface area contributed by atoms with Crippen LogP contribution >= 0.6 is 0 Å². The Bertz CT molecular complexity index is 551. The molecule has 0 unspecified atom stereocenters. The minimum absolute atomic E-state index is 0.135. The molecule has 92 valence electrons. The Kier molecular flexibility index (Phi) is 3.45. The summed E-state index contributed by atoms with van der Waals surface area (Å²) in [6, 6.07) is 5.41. The number of imide groups is 1. The molecule has 0 saturated carbocycles. The predicted octanol–water partition coefficient (Wildman–Crippen LogP) is 0.959. The van der Waals surface area contributed by atoms with Crippen LogP contribution < -0.4 is 10.6 Å². The Morgan fingerprint density at radius 3 is 2.50 bits per heavy atom. The molecule has 18 heavy (non-hydrogen) atoms. The van der Waals surface area contributed by atoms with Crippen LogP contribution in [0.4, 0.5) is 5.69 Å². The summed E-state index contributed by atoms with van der Waals surface area (Å²) in [6.45, 7) is 2.17. The minimum atomic E-state index is -0.135. The standard InChI is InChI=1S/C14H14N2O2/c1-10-9-11(3-2-8-15)4-5-12(10)16-13(17)6-7-14(16)18/h4-5,9H,6-8,15H2,1H3. The first-order chi connectivity index (χ1) is 8.63. The van der Waals surface area contributed by atoms with E-state index in [1.165, 1.54) is 4.90 Å². The summed E-state index contributed by atoms with van der Waals surface area (Å²) in [5.74, 6) is 5.42. The van der Waals surface area contributed by atoms with E-state index in [1.54, 1.807) is 12.1 Å². The van der Waals surface area contributed by atoms with Crippen molar-refractivity contribution in [2.75, 3.05) is 11.4 Å². The maximum absolute atomic E-state index is 11.7. The van der Waals surface area contributed by atoms with Crippen LogP contribution in [-0.4, -0.2) is 18.4 Å². The molecular weight excluding hydrogens is 228 g/mol. The molecule has 0 aliphatic carbocycles. The van der Waals surface area contributed by atoms with Gasteiger partial charge in [-0.15, -0.1) is 0 Å². The molecule has 0 atom stereocenters. The summed E-state index contributed by atoms with van der Waals surface area (Å²) in [4.78, 5) is 24.6. The third-order valence-corrected chi connectivity index (χ3v) is 2.82. The second kappa shape index (κ2) is 5.03. The molecule has 2 rings (SSSR count). The number of aryl methyl sites for hydroxylation is 1. The van der Waals surface area contributed by atoms with Gasteiger partial charge >= 0.3 is 0 Å². The highest BCUT2D eigenvalue weighted by atomic mass is 16.2. The summed E-state index contributed by atoms with van der Waals surface area (Å²) in [6.07, 6.45) is 0.597. The van der Waals surface area contributed by atoms with E-state index >= 15 is 0 Å². The van der Waals surface area contributed by atoms with E-state index in [-0.39, 0.29) is 11.8 Å². The van der Waals surface area contributed by atoms with Crippen molar-refractivity contribution in [3.05, 3.63) is 29.3 Å². The smallest absolute Gasteiger partial charge is 0.234 e. The van der Waals surface area contributed by atoms with Crippen molar-refractivity contribution in [2.45, 2.75) is 19.8 Å². The molecule has 2 N–H and O–H groups in total. The van der Waals surface area contributed by atoms with Gasteiger partial charge in [-0.3, -0.25) is 14.5 Å². The third-order valence-electron chi connectivity index (χ3n) is 2.82. The summed E-state index contributed by atoms with van der Waals surface area (Å²) in [7, 11) is 0. The summed E-state index contributed by atoms with van der Waals surface area (Å²) < 4.78 is 0. The zero-order chi connectivity index (χ0) is 13.1. The first-order valence-corrected chi connectivity index (χ1v) is 5.79. The quantitative estimate of drug-likeness (QED) is 0.589. The summed E-state index contributed by atoms with van der Waals surface area (Å²) >= 11 is 0. The molecule has 1 aromatic rings. The number of hydrogen-bond donors (Lipinski definition) is 1. The fourth-order valence-electron chi connectivity index (χ4n) is 1.98. The molecule has 1 fully saturated rings. The van der Waals surface area contributed by atoms with Crippen LogP contribution in [0.25, 0.3) is 0 Å². The largest absolute Gasteiger partial charge is 0.320 e. The highest BCUT2D eigenvalue weighted by Gasteiger charge is 2.30. The van der Waals surface area contributed by atoms with Gasteiger partial charge in [0.15, 0.2) is 0 Å². The molecule has 0 aromatic heterocycles. The van der Waals surface area contributed by atoms with Crippen LogP contribution in [0.3, 0.4) is 0 Å². The topological polar surface area (TPSA) is 63.4 Å². The molecule has 1 saturated heterocycles. The maximum Gasteiger partial charge on any atom is 0.234 e. The lowest BCUT2D eigenvalue weighted by atomic mass is 10.1. The number of carbonyl (C=O) groups is 2. The maximum atomic E-state index is 11.7. The number of benzene rings is 1. The van der Waals surface area contributed by atoms with Crippen molar-refractivity contribution < 1.29 is 9.59 Å². The van der Waals surface area contributed by atoms with Crippen LogP contribution in [0.2, 0.25) is 0 Å². The second-order valence-electron chi connectivity index (χ2n) is 4.13. The van der Waals surface area contributed by atoms with E-state index in [0.717, 1.165) is 11.1 Å². The van der Waals surface area contributed by atoms with E-state index in [9.17, 15) is 9.59 Å². The molecule has 0 spiro atoms. The average Bonchev–Trinajstić information content (AvgIpc) is 2.67. The Hall–Kier alpha value is -2.12. The number of nitrogens with zero attached hydrogens (tertiary/aromatic N) is 1. The van der Waals surface area contributed by atoms with Crippen LogP contribution in [0.1, 0.15) is 24.0 Å². The first kappa shape index (κ1) is 12.3. The van der Waals surface area contributed by atoms with Gasteiger partial charge in [-0.2, -0.15) is 0 Å². The van der Waals surface area contributed by atoms with Crippen molar-refractivity contribution in [2.24, 2.45) is 5.73 Å².